The molecule has 0 bridgehead atoms. The van der Waals surface area contributed by atoms with Gasteiger partial charge in [-0.25, -0.2) is 4.98 Å². The van der Waals surface area contributed by atoms with E-state index in [0.29, 0.717) is 12.3 Å². The van der Waals surface area contributed by atoms with Crippen LogP contribution >= 0.6 is 11.3 Å². The Hall–Kier alpha value is -0.940. The van der Waals surface area contributed by atoms with Gasteiger partial charge in [0.05, 0.1) is 23.7 Å². The highest BCUT2D eigenvalue weighted by molar-refractivity contribution is 7.09. The molecule has 4 nitrogen and oxygen atoms in total. The zero-order valence-corrected chi connectivity index (χ0v) is 9.00. The van der Waals surface area contributed by atoms with Gasteiger partial charge in [-0.1, -0.05) is 0 Å². The molecule has 1 unspecified atom stereocenters. The predicted molar refractivity (Wildman–Crippen MR) is 53.1 cm³/mol. The van der Waals surface area contributed by atoms with E-state index in [4.69, 9.17) is 4.74 Å². The second kappa shape index (κ2) is 5.07. The molecule has 1 aromatic heterocycles. The van der Waals surface area contributed by atoms with E-state index in [9.17, 15) is 9.90 Å². The van der Waals surface area contributed by atoms with Crippen molar-refractivity contribution in [1.29, 1.82) is 0 Å². The lowest BCUT2D eigenvalue weighted by Crippen LogP contribution is -2.10. The van der Waals surface area contributed by atoms with E-state index in [0.717, 1.165) is 5.01 Å². The Morgan fingerprint density at radius 1 is 1.79 bits per heavy atom. The fourth-order valence-corrected chi connectivity index (χ4v) is 1.67. The molecular weight excluding hydrogens is 202 g/mol. The Labute approximate surface area is 86.6 Å². The largest absolute Gasteiger partial charge is 0.466 e. The minimum absolute atomic E-state index is 0.0307. The highest BCUT2D eigenvalue weighted by Crippen LogP contribution is 2.19. The average molecular weight is 215 g/mol. The number of aliphatic hydroxyl groups is 1. The summed E-state index contributed by atoms with van der Waals surface area (Å²) >= 11 is 1.45. The summed E-state index contributed by atoms with van der Waals surface area (Å²) in [5.41, 5.74) is 0.542. The van der Waals surface area contributed by atoms with Gasteiger partial charge in [0, 0.05) is 5.38 Å². The van der Waals surface area contributed by atoms with Crippen molar-refractivity contribution in [1.82, 2.24) is 4.98 Å². The number of aryl methyl sites for hydroxylation is 1. The van der Waals surface area contributed by atoms with Crippen LogP contribution in [0.3, 0.4) is 0 Å². The van der Waals surface area contributed by atoms with E-state index in [1.165, 1.54) is 11.3 Å². The van der Waals surface area contributed by atoms with Crippen LogP contribution in [0.1, 0.15) is 30.2 Å². The first-order chi connectivity index (χ1) is 6.63. The summed E-state index contributed by atoms with van der Waals surface area (Å²) in [6.07, 6.45) is -0.879. The standard InChI is InChI=1S/C9H13NO3S/c1-3-13-9(12)4-8(11)7-5-14-6(2)10-7/h5,8,11H,3-4H2,1-2H3. The molecule has 0 spiro atoms. The third-order valence-corrected chi connectivity index (χ3v) is 2.44. The van der Waals surface area contributed by atoms with E-state index >= 15 is 0 Å². The zero-order chi connectivity index (χ0) is 10.6. The Balaban J connectivity index is 2.50. The number of hydrogen-bond donors (Lipinski definition) is 1. The molecule has 0 fully saturated rings. The van der Waals surface area contributed by atoms with Crippen LogP contribution in [0.25, 0.3) is 0 Å². The van der Waals surface area contributed by atoms with E-state index in [-0.39, 0.29) is 6.42 Å². The van der Waals surface area contributed by atoms with Gasteiger partial charge in [-0.05, 0) is 13.8 Å². The van der Waals surface area contributed by atoms with Crippen LogP contribution in [0.4, 0.5) is 0 Å². The number of aliphatic hydroxyl groups excluding tert-OH is 1. The summed E-state index contributed by atoms with van der Waals surface area (Å²) in [6, 6.07) is 0. The summed E-state index contributed by atoms with van der Waals surface area (Å²) in [5.74, 6) is -0.398. The quantitative estimate of drug-likeness (QED) is 0.772. The predicted octanol–water partition coefficient (Wildman–Crippen LogP) is 1.44. The molecule has 1 heterocycles. The molecule has 0 aliphatic rings. The number of rotatable bonds is 4. The average Bonchev–Trinajstić information content (AvgIpc) is 2.52. The SMILES string of the molecule is CCOC(=O)CC(O)c1csc(C)n1. The van der Waals surface area contributed by atoms with Gasteiger partial charge in [0.1, 0.15) is 6.10 Å². The minimum atomic E-state index is -0.848. The van der Waals surface area contributed by atoms with Gasteiger partial charge < -0.3 is 9.84 Å². The minimum Gasteiger partial charge on any atom is -0.466 e. The van der Waals surface area contributed by atoms with Crippen molar-refractivity contribution in [2.75, 3.05) is 6.61 Å². The molecule has 0 saturated carbocycles. The lowest BCUT2D eigenvalue weighted by atomic mass is 10.2. The first-order valence-electron chi connectivity index (χ1n) is 4.39. The second-order valence-corrected chi connectivity index (χ2v) is 3.88. The van der Waals surface area contributed by atoms with Crippen molar-refractivity contribution in [3.05, 3.63) is 16.1 Å². The number of carbonyl (C=O) groups is 1. The maximum Gasteiger partial charge on any atom is 0.308 e. The first-order valence-corrected chi connectivity index (χ1v) is 5.27. The van der Waals surface area contributed by atoms with Crippen LogP contribution in [0.2, 0.25) is 0 Å². The van der Waals surface area contributed by atoms with E-state index in [1.54, 1.807) is 12.3 Å². The number of thiazole rings is 1. The molecule has 0 aliphatic heterocycles. The van der Waals surface area contributed by atoms with Gasteiger partial charge in [-0.3, -0.25) is 4.79 Å². The van der Waals surface area contributed by atoms with Gasteiger partial charge in [0.15, 0.2) is 0 Å². The number of esters is 1. The van der Waals surface area contributed by atoms with Gasteiger partial charge in [-0.2, -0.15) is 0 Å². The number of nitrogens with zero attached hydrogens (tertiary/aromatic N) is 1. The second-order valence-electron chi connectivity index (χ2n) is 2.82. The smallest absolute Gasteiger partial charge is 0.308 e. The molecule has 0 amide bonds. The van der Waals surface area contributed by atoms with Crippen LogP contribution in [-0.4, -0.2) is 22.7 Å². The van der Waals surface area contributed by atoms with Crippen LogP contribution in [0, 0.1) is 6.92 Å². The molecule has 0 radical (unpaired) electrons. The Morgan fingerprint density at radius 2 is 2.50 bits per heavy atom. The van der Waals surface area contributed by atoms with Crippen molar-refractivity contribution in [3.8, 4) is 0 Å². The number of carbonyl (C=O) groups excluding carboxylic acids is 1. The van der Waals surface area contributed by atoms with Crippen LogP contribution < -0.4 is 0 Å². The van der Waals surface area contributed by atoms with Gasteiger partial charge in [0.25, 0.3) is 0 Å². The Bertz CT molecular complexity index is 311. The van der Waals surface area contributed by atoms with Crippen LogP contribution in [0.15, 0.2) is 5.38 Å². The maximum atomic E-state index is 11.0. The summed E-state index contributed by atoms with van der Waals surface area (Å²) in [6.45, 7) is 3.92. The summed E-state index contributed by atoms with van der Waals surface area (Å²) in [5, 5.41) is 12.2. The molecule has 1 aromatic rings. The summed E-state index contributed by atoms with van der Waals surface area (Å²) in [7, 11) is 0. The maximum absolute atomic E-state index is 11.0. The van der Waals surface area contributed by atoms with Gasteiger partial charge >= 0.3 is 5.97 Å². The van der Waals surface area contributed by atoms with E-state index < -0.39 is 12.1 Å². The molecule has 1 rings (SSSR count). The monoisotopic (exact) mass is 215 g/mol. The molecule has 1 N–H and O–H groups in total. The number of ether oxygens (including phenoxy) is 1. The normalized spacial score (nSPS) is 12.5. The fourth-order valence-electron chi connectivity index (χ4n) is 1.02. The van der Waals surface area contributed by atoms with Crippen molar-refractivity contribution in [3.63, 3.8) is 0 Å². The summed E-state index contributed by atoms with van der Waals surface area (Å²) in [4.78, 5) is 15.1. The molecule has 78 valence electrons. The molecule has 5 heteroatoms. The van der Waals surface area contributed by atoms with Gasteiger partial charge in [-0.15, -0.1) is 11.3 Å². The molecule has 1 atom stereocenters. The number of hydrogen-bond acceptors (Lipinski definition) is 5. The highest BCUT2D eigenvalue weighted by atomic mass is 32.1. The van der Waals surface area contributed by atoms with Crippen LogP contribution in [-0.2, 0) is 9.53 Å². The topological polar surface area (TPSA) is 59.4 Å². The van der Waals surface area contributed by atoms with E-state index in [2.05, 4.69) is 4.98 Å². The number of aromatic nitrogens is 1. The zero-order valence-electron chi connectivity index (χ0n) is 8.19. The van der Waals surface area contributed by atoms with Crippen molar-refractivity contribution < 1.29 is 14.6 Å². The first kappa shape index (κ1) is 11.1. The molecule has 0 saturated heterocycles. The molecular formula is C9H13NO3S. The highest BCUT2D eigenvalue weighted by Gasteiger charge is 2.15. The van der Waals surface area contributed by atoms with Crippen molar-refractivity contribution in [2.45, 2.75) is 26.4 Å². The molecule has 0 aromatic carbocycles. The Morgan fingerprint density at radius 3 is 3.00 bits per heavy atom. The van der Waals surface area contributed by atoms with Crippen LogP contribution in [0.5, 0.6) is 0 Å². The molecule has 0 aliphatic carbocycles. The van der Waals surface area contributed by atoms with Crippen molar-refractivity contribution >= 4 is 17.3 Å². The third kappa shape index (κ3) is 3.08. The van der Waals surface area contributed by atoms with E-state index in [1.807, 2.05) is 6.92 Å². The summed E-state index contributed by atoms with van der Waals surface area (Å²) < 4.78 is 4.72. The Kier molecular flexibility index (Phi) is 4.03. The lowest BCUT2D eigenvalue weighted by molar-refractivity contribution is -0.145. The molecule has 14 heavy (non-hydrogen) atoms. The fraction of sp³-hybridized carbons (Fsp3) is 0.556. The third-order valence-electron chi connectivity index (χ3n) is 1.64. The lowest BCUT2D eigenvalue weighted by Gasteiger charge is -2.06. The van der Waals surface area contributed by atoms with Gasteiger partial charge in [0.2, 0.25) is 0 Å². The van der Waals surface area contributed by atoms with Crippen molar-refractivity contribution in [2.24, 2.45) is 0 Å².